The van der Waals surface area contributed by atoms with Crippen molar-refractivity contribution in [1.82, 2.24) is 4.90 Å². The summed E-state index contributed by atoms with van der Waals surface area (Å²) in [5.41, 5.74) is 1.80. The lowest BCUT2D eigenvalue weighted by molar-refractivity contribution is -0.121. The number of hydrogen-bond acceptors (Lipinski definition) is 4. The molecule has 1 fully saturated rings. The van der Waals surface area contributed by atoms with Crippen LogP contribution in [0.3, 0.4) is 0 Å². The Hall–Kier alpha value is -2.86. The fourth-order valence-electron chi connectivity index (χ4n) is 4.09. The number of likely N-dealkylation sites (tertiary alicyclic amines) is 1. The normalized spacial score (nSPS) is 20.3. The number of carbonyl (C=O) groups excluding carboxylic acids is 2. The molecular weight excluding hydrogens is 378 g/mol. The minimum Gasteiger partial charge on any atom is -0.495 e. The highest BCUT2D eigenvalue weighted by Gasteiger charge is 2.28. The third-order valence-corrected chi connectivity index (χ3v) is 5.59. The van der Waals surface area contributed by atoms with Gasteiger partial charge in [0.25, 0.3) is 5.91 Å². The lowest BCUT2D eigenvalue weighted by atomic mass is 9.91. The van der Waals surface area contributed by atoms with E-state index in [0.29, 0.717) is 34.5 Å². The summed E-state index contributed by atoms with van der Waals surface area (Å²) in [5.74, 6) is 1.55. The first-order chi connectivity index (χ1) is 14.4. The number of nitrogens with one attached hydrogen (secondary N) is 2. The SMILES string of the molecule is COc1ccccc1NC(=O)c1ccc(NC(=O)[C@H](C)N2C[C@H](C)C[C@H](C)C2)cc1. The van der Waals surface area contributed by atoms with Crippen LogP contribution in [0, 0.1) is 11.8 Å². The van der Waals surface area contributed by atoms with E-state index in [1.54, 1.807) is 43.5 Å². The number of ether oxygens (including phenoxy) is 1. The summed E-state index contributed by atoms with van der Waals surface area (Å²) >= 11 is 0. The number of benzene rings is 2. The maximum absolute atomic E-state index is 12.7. The monoisotopic (exact) mass is 409 g/mol. The third kappa shape index (κ3) is 5.39. The number of methoxy groups -OCH3 is 1. The Labute approximate surface area is 178 Å². The zero-order valence-corrected chi connectivity index (χ0v) is 18.1. The van der Waals surface area contributed by atoms with Gasteiger partial charge in [-0.15, -0.1) is 0 Å². The maximum Gasteiger partial charge on any atom is 0.255 e. The predicted molar refractivity (Wildman–Crippen MR) is 120 cm³/mol. The molecule has 0 radical (unpaired) electrons. The number of para-hydroxylation sites is 2. The van der Waals surface area contributed by atoms with Crippen LogP contribution < -0.4 is 15.4 Å². The van der Waals surface area contributed by atoms with Crippen LogP contribution in [-0.2, 0) is 4.79 Å². The minimum absolute atomic E-state index is 0.0254. The molecule has 1 saturated heterocycles. The number of rotatable bonds is 6. The lowest BCUT2D eigenvalue weighted by Gasteiger charge is -2.38. The van der Waals surface area contributed by atoms with Crippen molar-refractivity contribution in [1.29, 1.82) is 0 Å². The van der Waals surface area contributed by atoms with Crippen LogP contribution in [0.4, 0.5) is 11.4 Å². The van der Waals surface area contributed by atoms with E-state index in [1.807, 2.05) is 19.1 Å². The molecule has 1 aliphatic heterocycles. The van der Waals surface area contributed by atoms with Gasteiger partial charge in [0.2, 0.25) is 5.91 Å². The Balaban J connectivity index is 1.60. The van der Waals surface area contributed by atoms with Crippen LogP contribution in [0.2, 0.25) is 0 Å². The molecule has 0 unspecified atom stereocenters. The number of nitrogens with zero attached hydrogens (tertiary/aromatic N) is 1. The second-order valence-electron chi connectivity index (χ2n) is 8.30. The maximum atomic E-state index is 12.7. The summed E-state index contributed by atoms with van der Waals surface area (Å²) in [5, 5.41) is 5.82. The smallest absolute Gasteiger partial charge is 0.255 e. The van der Waals surface area contributed by atoms with E-state index < -0.39 is 0 Å². The van der Waals surface area contributed by atoms with Crippen LogP contribution in [0.15, 0.2) is 48.5 Å². The van der Waals surface area contributed by atoms with Gasteiger partial charge in [0, 0.05) is 24.3 Å². The molecule has 0 spiro atoms. The zero-order valence-electron chi connectivity index (χ0n) is 18.1. The van der Waals surface area contributed by atoms with Gasteiger partial charge in [0.15, 0.2) is 0 Å². The molecule has 2 aromatic rings. The quantitative estimate of drug-likeness (QED) is 0.748. The first kappa shape index (κ1) is 21.8. The molecule has 2 N–H and O–H groups in total. The predicted octanol–water partition coefficient (Wildman–Crippen LogP) is 4.25. The largest absolute Gasteiger partial charge is 0.495 e. The van der Waals surface area contributed by atoms with E-state index in [9.17, 15) is 9.59 Å². The van der Waals surface area contributed by atoms with Gasteiger partial charge in [0.05, 0.1) is 18.8 Å². The number of anilines is 2. The van der Waals surface area contributed by atoms with Gasteiger partial charge in [-0.05, 0) is 61.6 Å². The van der Waals surface area contributed by atoms with Crippen molar-refractivity contribution < 1.29 is 14.3 Å². The van der Waals surface area contributed by atoms with Gasteiger partial charge in [-0.25, -0.2) is 0 Å². The molecule has 0 bridgehead atoms. The van der Waals surface area contributed by atoms with Crippen molar-refractivity contribution >= 4 is 23.2 Å². The van der Waals surface area contributed by atoms with Crippen molar-refractivity contribution in [3.8, 4) is 5.75 Å². The summed E-state index contributed by atoms with van der Waals surface area (Å²) < 4.78 is 5.26. The van der Waals surface area contributed by atoms with Crippen LogP contribution in [-0.4, -0.2) is 43.0 Å². The van der Waals surface area contributed by atoms with Crippen LogP contribution in [0.1, 0.15) is 37.6 Å². The summed E-state index contributed by atoms with van der Waals surface area (Å²) in [6.45, 7) is 8.32. The van der Waals surface area contributed by atoms with E-state index in [0.717, 1.165) is 13.1 Å². The molecule has 30 heavy (non-hydrogen) atoms. The standard InChI is InChI=1S/C24H31N3O3/c1-16-13-17(2)15-27(14-16)18(3)23(28)25-20-11-9-19(10-12-20)24(29)26-21-7-5-6-8-22(21)30-4/h5-12,16-18H,13-15H2,1-4H3,(H,25,28)(H,26,29)/t16-,17+,18-/m0/s1. The fraction of sp³-hybridized carbons (Fsp3) is 0.417. The highest BCUT2D eigenvalue weighted by atomic mass is 16.5. The first-order valence-corrected chi connectivity index (χ1v) is 10.5. The van der Waals surface area contributed by atoms with Crippen molar-refractivity contribution in [3.05, 3.63) is 54.1 Å². The van der Waals surface area contributed by atoms with Gasteiger partial charge in [-0.2, -0.15) is 0 Å². The molecule has 160 valence electrons. The van der Waals surface area contributed by atoms with Gasteiger partial charge in [-0.3, -0.25) is 14.5 Å². The highest BCUT2D eigenvalue weighted by molar-refractivity contribution is 6.05. The highest BCUT2D eigenvalue weighted by Crippen LogP contribution is 2.25. The topological polar surface area (TPSA) is 70.7 Å². The average Bonchev–Trinajstić information content (AvgIpc) is 2.73. The first-order valence-electron chi connectivity index (χ1n) is 10.5. The van der Waals surface area contributed by atoms with Gasteiger partial charge in [0.1, 0.15) is 5.75 Å². The fourth-order valence-corrected chi connectivity index (χ4v) is 4.09. The van der Waals surface area contributed by atoms with Crippen LogP contribution in [0.25, 0.3) is 0 Å². The van der Waals surface area contributed by atoms with E-state index >= 15 is 0 Å². The molecule has 6 heteroatoms. The Bertz CT molecular complexity index is 872. The number of hydrogen-bond donors (Lipinski definition) is 2. The van der Waals surface area contributed by atoms with Gasteiger partial charge < -0.3 is 15.4 Å². The number of amides is 2. The van der Waals surface area contributed by atoms with Gasteiger partial charge in [-0.1, -0.05) is 26.0 Å². The van der Waals surface area contributed by atoms with Crippen molar-refractivity contribution in [2.45, 2.75) is 33.2 Å². The third-order valence-electron chi connectivity index (χ3n) is 5.59. The Morgan fingerprint density at radius 2 is 1.63 bits per heavy atom. The molecule has 3 rings (SSSR count). The van der Waals surface area contributed by atoms with Crippen LogP contribution in [0.5, 0.6) is 5.75 Å². The zero-order chi connectivity index (χ0) is 21.7. The second-order valence-corrected chi connectivity index (χ2v) is 8.30. The Morgan fingerprint density at radius 1 is 1.00 bits per heavy atom. The number of carbonyl (C=O) groups is 2. The molecule has 1 aliphatic rings. The molecule has 2 aromatic carbocycles. The van der Waals surface area contributed by atoms with Crippen molar-refractivity contribution in [3.63, 3.8) is 0 Å². The summed E-state index contributed by atoms with van der Waals surface area (Å²) in [4.78, 5) is 27.5. The van der Waals surface area contributed by atoms with Gasteiger partial charge >= 0.3 is 0 Å². The van der Waals surface area contributed by atoms with E-state index in [2.05, 4.69) is 29.4 Å². The van der Waals surface area contributed by atoms with E-state index in [4.69, 9.17) is 4.74 Å². The summed E-state index contributed by atoms with van der Waals surface area (Å²) in [7, 11) is 1.56. The summed E-state index contributed by atoms with van der Waals surface area (Å²) in [6.07, 6.45) is 1.21. The average molecular weight is 410 g/mol. The molecule has 3 atom stereocenters. The number of piperidine rings is 1. The Kier molecular flexibility index (Phi) is 7.11. The molecule has 6 nitrogen and oxygen atoms in total. The lowest BCUT2D eigenvalue weighted by Crippen LogP contribution is -2.48. The van der Waals surface area contributed by atoms with E-state index in [-0.39, 0.29) is 17.9 Å². The van der Waals surface area contributed by atoms with Crippen molar-refractivity contribution in [2.24, 2.45) is 11.8 Å². The van der Waals surface area contributed by atoms with Crippen molar-refractivity contribution in [2.75, 3.05) is 30.8 Å². The van der Waals surface area contributed by atoms with E-state index in [1.165, 1.54) is 6.42 Å². The molecule has 2 amide bonds. The van der Waals surface area contributed by atoms with Crippen LogP contribution >= 0.6 is 0 Å². The molecule has 0 aromatic heterocycles. The Morgan fingerprint density at radius 3 is 2.27 bits per heavy atom. The molecular formula is C24H31N3O3. The molecule has 0 saturated carbocycles. The summed E-state index contributed by atoms with van der Waals surface area (Å²) in [6, 6.07) is 14.0. The molecule has 0 aliphatic carbocycles. The minimum atomic E-state index is -0.234. The second kappa shape index (κ2) is 9.76. The molecule has 1 heterocycles.